The van der Waals surface area contributed by atoms with E-state index in [-0.39, 0.29) is 5.91 Å². The summed E-state index contributed by atoms with van der Waals surface area (Å²) in [6.45, 7) is 2.64. The van der Waals surface area contributed by atoms with Crippen LogP contribution in [0.3, 0.4) is 0 Å². The highest BCUT2D eigenvalue weighted by Gasteiger charge is 2.13. The molecule has 0 aliphatic rings. The van der Waals surface area contributed by atoms with Gasteiger partial charge in [-0.05, 0) is 18.6 Å². The number of rotatable bonds is 5. The summed E-state index contributed by atoms with van der Waals surface area (Å²) in [7, 11) is 1.53. The Kier molecular flexibility index (Phi) is 4.40. The molecular weight excluding hydrogens is 258 g/mol. The molecule has 0 atom stereocenters. The molecule has 5 nitrogen and oxygen atoms in total. The topological polar surface area (TPSA) is 68.5 Å². The average Bonchev–Trinajstić information content (AvgIpc) is 2.45. The summed E-state index contributed by atoms with van der Waals surface area (Å²) in [6, 6.07) is 6.26. The third kappa shape index (κ3) is 2.99. The van der Waals surface area contributed by atoms with Gasteiger partial charge in [0.2, 0.25) is 0 Å². The first kappa shape index (κ1) is 14.1. The second-order valence-electron chi connectivity index (χ2n) is 4.45. The van der Waals surface area contributed by atoms with Crippen LogP contribution in [0.2, 0.25) is 0 Å². The molecule has 0 saturated carbocycles. The number of unbranched alkanes of at least 4 members (excludes halogenated alkanes) is 1. The first-order valence-electron chi connectivity index (χ1n) is 6.55. The van der Waals surface area contributed by atoms with Gasteiger partial charge in [-0.15, -0.1) is 0 Å². The van der Waals surface area contributed by atoms with Gasteiger partial charge in [-0.1, -0.05) is 13.3 Å². The number of amides is 1. The first-order chi connectivity index (χ1) is 9.65. The number of ether oxygens (including phenoxy) is 1. The molecule has 0 radical (unpaired) electrons. The van der Waals surface area contributed by atoms with Crippen molar-refractivity contribution in [2.45, 2.75) is 19.8 Å². The van der Waals surface area contributed by atoms with Gasteiger partial charge in [-0.3, -0.25) is 4.79 Å². The van der Waals surface area contributed by atoms with Crippen LogP contribution in [-0.4, -0.2) is 19.6 Å². The van der Waals surface area contributed by atoms with E-state index in [1.165, 1.54) is 13.2 Å². The smallest absolute Gasteiger partial charge is 0.337 e. The van der Waals surface area contributed by atoms with Crippen molar-refractivity contribution in [1.29, 1.82) is 0 Å². The Morgan fingerprint density at radius 1 is 1.35 bits per heavy atom. The Morgan fingerprint density at radius 3 is 2.85 bits per heavy atom. The Bertz CT molecular complexity index is 675. The van der Waals surface area contributed by atoms with E-state index in [0.29, 0.717) is 28.8 Å². The quantitative estimate of drug-likeness (QED) is 0.671. The molecule has 0 bridgehead atoms. The summed E-state index contributed by atoms with van der Waals surface area (Å²) in [5.74, 6) is 0.311. The summed E-state index contributed by atoms with van der Waals surface area (Å²) in [6.07, 6.45) is 1.90. The van der Waals surface area contributed by atoms with Crippen LogP contribution in [0.4, 0.5) is 0 Å². The Morgan fingerprint density at radius 2 is 2.15 bits per heavy atom. The molecular formula is C15H17NO4. The zero-order valence-electron chi connectivity index (χ0n) is 11.6. The van der Waals surface area contributed by atoms with E-state index in [2.05, 4.69) is 5.32 Å². The van der Waals surface area contributed by atoms with Crippen LogP contribution in [0, 0.1) is 0 Å². The number of hydrogen-bond donors (Lipinski definition) is 1. The number of benzene rings is 1. The molecule has 0 aliphatic carbocycles. The van der Waals surface area contributed by atoms with Crippen molar-refractivity contribution in [1.82, 2.24) is 5.32 Å². The first-order valence-corrected chi connectivity index (χ1v) is 6.55. The molecule has 0 unspecified atom stereocenters. The molecule has 1 aromatic heterocycles. The number of hydrogen-bond acceptors (Lipinski definition) is 4. The van der Waals surface area contributed by atoms with Crippen molar-refractivity contribution >= 4 is 16.9 Å². The lowest BCUT2D eigenvalue weighted by atomic mass is 10.1. The standard InChI is InChI=1S/C15H17NO4/c1-3-4-7-16-15(18)12-9-14(17)20-13-8-10(19-2)5-6-11(12)13/h5-6,8-9H,3-4,7H2,1-2H3,(H,16,18). The van der Waals surface area contributed by atoms with Crippen LogP contribution in [0.1, 0.15) is 30.1 Å². The largest absolute Gasteiger partial charge is 0.497 e. The second-order valence-corrected chi connectivity index (χ2v) is 4.45. The van der Waals surface area contributed by atoms with Gasteiger partial charge in [0.1, 0.15) is 11.3 Å². The lowest BCUT2D eigenvalue weighted by Gasteiger charge is -2.07. The molecule has 0 spiro atoms. The lowest BCUT2D eigenvalue weighted by Crippen LogP contribution is -2.25. The van der Waals surface area contributed by atoms with Gasteiger partial charge >= 0.3 is 5.63 Å². The van der Waals surface area contributed by atoms with Crippen molar-refractivity contribution in [3.8, 4) is 5.75 Å². The maximum Gasteiger partial charge on any atom is 0.337 e. The number of fused-ring (bicyclic) bond motifs is 1. The predicted octanol–water partition coefficient (Wildman–Crippen LogP) is 2.33. The molecule has 1 heterocycles. The summed E-state index contributed by atoms with van der Waals surface area (Å²) in [4.78, 5) is 23.7. The molecule has 106 valence electrons. The number of methoxy groups -OCH3 is 1. The summed E-state index contributed by atoms with van der Waals surface area (Å²) in [5.41, 5.74) is 0.124. The van der Waals surface area contributed by atoms with Gasteiger partial charge in [-0.2, -0.15) is 0 Å². The van der Waals surface area contributed by atoms with Crippen molar-refractivity contribution in [2.75, 3.05) is 13.7 Å². The van der Waals surface area contributed by atoms with Gasteiger partial charge in [0.25, 0.3) is 5.91 Å². The maximum atomic E-state index is 12.1. The maximum absolute atomic E-state index is 12.1. The van der Waals surface area contributed by atoms with E-state index in [4.69, 9.17) is 9.15 Å². The monoisotopic (exact) mass is 275 g/mol. The lowest BCUT2D eigenvalue weighted by molar-refractivity contribution is 0.0954. The molecule has 0 aliphatic heterocycles. The average molecular weight is 275 g/mol. The SMILES string of the molecule is CCCCNC(=O)c1cc(=O)oc2cc(OC)ccc12. The van der Waals surface area contributed by atoms with Gasteiger partial charge in [-0.25, -0.2) is 4.79 Å². The third-order valence-electron chi connectivity index (χ3n) is 3.01. The minimum atomic E-state index is -0.550. The van der Waals surface area contributed by atoms with E-state index in [0.717, 1.165) is 12.8 Å². The van der Waals surface area contributed by atoms with Crippen LogP contribution in [0.25, 0.3) is 11.0 Å². The van der Waals surface area contributed by atoms with Crippen LogP contribution in [-0.2, 0) is 0 Å². The van der Waals surface area contributed by atoms with Crippen LogP contribution < -0.4 is 15.7 Å². The van der Waals surface area contributed by atoms with Crippen LogP contribution >= 0.6 is 0 Å². The third-order valence-corrected chi connectivity index (χ3v) is 3.01. The normalized spacial score (nSPS) is 10.5. The molecule has 5 heteroatoms. The van der Waals surface area contributed by atoms with E-state index in [1.807, 2.05) is 6.92 Å². The fourth-order valence-electron chi connectivity index (χ4n) is 1.93. The fraction of sp³-hybridized carbons (Fsp3) is 0.333. The van der Waals surface area contributed by atoms with Crippen LogP contribution in [0.5, 0.6) is 5.75 Å². The molecule has 0 saturated heterocycles. The molecule has 2 aromatic rings. The molecule has 20 heavy (non-hydrogen) atoms. The molecule has 0 fully saturated rings. The Hall–Kier alpha value is -2.30. The second kappa shape index (κ2) is 6.23. The van der Waals surface area contributed by atoms with E-state index in [1.54, 1.807) is 18.2 Å². The van der Waals surface area contributed by atoms with Gasteiger partial charge < -0.3 is 14.5 Å². The van der Waals surface area contributed by atoms with E-state index < -0.39 is 5.63 Å². The van der Waals surface area contributed by atoms with Crippen LogP contribution in [0.15, 0.2) is 33.5 Å². The Balaban J connectivity index is 2.42. The van der Waals surface area contributed by atoms with Gasteiger partial charge in [0, 0.05) is 24.1 Å². The highest BCUT2D eigenvalue weighted by atomic mass is 16.5. The molecule has 2 rings (SSSR count). The van der Waals surface area contributed by atoms with E-state index >= 15 is 0 Å². The summed E-state index contributed by atoms with van der Waals surface area (Å²) >= 11 is 0. The van der Waals surface area contributed by atoms with Crippen molar-refractivity contribution in [3.63, 3.8) is 0 Å². The van der Waals surface area contributed by atoms with Crippen molar-refractivity contribution < 1.29 is 13.9 Å². The van der Waals surface area contributed by atoms with Crippen molar-refractivity contribution in [2.24, 2.45) is 0 Å². The highest BCUT2D eigenvalue weighted by molar-refractivity contribution is 6.05. The summed E-state index contributed by atoms with van der Waals surface area (Å²) in [5, 5.41) is 3.39. The Labute approximate surface area is 116 Å². The predicted molar refractivity (Wildman–Crippen MR) is 76.3 cm³/mol. The zero-order valence-corrected chi connectivity index (χ0v) is 11.6. The van der Waals surface area contributed by atoms with Gasteiger partial charge in [0.05, 0.1) is 12.7 Å². The van der Waals surface area contributed by atoms with E-state index in [9.17, 15) is 9.59 Å². The minimum Gasteiger partial charge on any atom is -0.497 e. The molecule has 1 N–H and O–H groups in total. The number of carbonyl (C=O) groups is 1. The molecule has 1 aromatic carbocycles. The zero-order chi connectivity index (χ0) is 14.5. The summed E-state index contributed by atoms with van der Waals surface area (Å²) < 4.78 is 10.2. The number of carbonyl (C=O) groups excluding carboxylic acids is 1. The number of nitrogens with one attached hydrogen (secondary N) is 1. The minimum absolute atomic E-state index is 0.262. The highest BCUT2D eigenvalue weighted by Crippen LogP contribution is 2.22. The van der Waals surface area contributed by atoms with Gasteiger partial charge in [0.15, 0.2) is 0 Å². The molecule has 1 amide bonds. The van der Waals surface area contributed by atoms with Crippen molar-refractivity contribution in [3.05, 3.63) is 40.2 Å². The fourth-order valence-corrected chi connectivity index (χ4v) is 1.93.